The van der Waals surface area contributed by atoms with E-state index >= 15 is 0 Å². The van der Waals surface area contributed by atoms with Gasteiger partial charge in [-0.05, 0) is 6.07 Å². The minimum Gasteiger partial charge on any atom is -0.397 e. The lowest BCUT2D eigenvalue weighted by atomic mass is 9.86. The number of rotatable bonds is 1. The molecule has 2 N–H and O–H groups in total. The van der Waals surface area contributed by atoms with Gasteiger partial charge in [0.05, 0.1) is 11.9 Å². The number of hydrogen-bond acceptors (Lipinski definition) is 3. The van der Waals surface area contributed by atoms with Crippen LogP contribution in [0, 0.1) is 5.41 Å². The third kappa shape index (κ3) is 2.23. The van der Waals surface area contributed by atoms with E-state index in [2.05, 4.69) is 4.98 Å². The van der Waals surface area contributed by atoms with Crippen LogP contribution in [0.1, 0.15) is 31.1 Å². The predicted molar refractivity (Wildman–Crippen MR) is 57.4 cm³/mol. The van der Waals surface area contributed by atoms with Crippen molar-refractivity contribution in [1.82, 2.24) is 4.98 Å². The van der Waals surface area contributed by atoms with E-state index in [1.807, 2.05) is 20.8 Å². The van der Waals surface area contributed by atoms with Crippen LogP contribution in [-0.4, -0.2) is 10.8 Å². The van der Waals surface area contributed by atoms with Gasteiger partial charge in [0.1, 0.15) is 5.15 Å². The zero-order valence-electron chi connectivity index (χ0n) is 8.47. The lowest BCUT2D eigenvalue weighted by molar-refractivity contribution is 0.0859. The maximum absolute atomic E-state index is 11.9. The maximum Gasteiger partial charge on any atom is 0.170 e. The van der Waals surface area contributed by atoms with E-state index in [0.717, 1.165) is 0 Å². The first-order valence-corrected chi connectivity index (χ1v) is 4.66. The minimum absolute atomic E-state index is 0.0284. The highest BCUT2D eigenvalue weighted by atomic mass is 35.5. The Hall–Kier alpha value is -1.09. The molecule has 0 saturated carbocycles. The predicted octanol–water partition coefficient (Wildman–Crippen LogP) is 2.55. The molecular formula is C10H13ClN2O. The van der Waals surface area contributed by atoms with E-state index in [-0.39, 0.29) is 10.9 Å². The summed E-state index contributed by atoms with van der Waals surface area (Å²) in [6.45, 7) is 5.51. The van der Waals surface area contributed by atoms with Crippen LogP contribution in [0.2, 0.25) is 5.15 Å². The second kappa shape index (κ2) is 3.58. The van der Waals surface area contributed by atoms with Gasteiger partial charge in [0.25, 0.3) is 0 Å². The van der Waals surface area contributed by atoms with Crippen LogP contribution in [0.4, 0.5) is 5.69 Å². The topological polar surface area (TPSA) is 56.0 Å². The molecule has 1 aromatic heterocycles. The Morgan fingerprint density at radius 2 is 2.07 bits per heavy atom. The van der Waals surface area contributed by atoms with Crippen molar-refractivity contribution in [3.05, 3.63) is 23.0 Å². The molecule has 0 amide bonds. The number of anilines is 1. The Morgan fingerprint density at radius 1 is 1.50 bits per heavy atom. The Labute approximate surface area is 88.3 Å². The Morgan fingerprint density at radius 3 is 2.57 bits per heavy atom. The number of ketones is 1. The van der Waals surface area contributed by atoms with Crippen LogP contribution >= 0.6 is 11.6 Å². The number of aromatic nitrogens is 1. The number of hydrogen-bond donors (Lipinski definition) is 1. The van der Waals surface area contributed by atoms with Gasteiger partial charge in [-0.15, -0.1) is 0 Å². The smallest absolute Gasteiger partial charge is 0.170 e. The van der Waals surface area contributed by atoms with E-state index in [0.29, 0.717) is 11.3 Å². The Balaban J connectivity index is 3.19. The highest BCUT2D eigenvalue weighted by molar-refractivity contribution is 6.30. The molecule has 4 heteroatoms. The largest absolute Gasteiger partial charge is 0.397 e. The number of carbonyl (C=O) groups is 1. The fourth-order valence-corrected chi connectivity index (χ4v) is 1.20. The van der Waals surface area contributed by atoms with Gasteiger partial charge in [-0.25, -0.2) is 4.98 Å². The molecule has 76 valence electrons. The molecule has 0 atom stereocenters. The number of Topliss-reactive ketones (excluding diaryl/α,β-unsaturated/α-hetero) is 1. The van der Waals surface area contributed by atoms with Gasteiger partial charge in [-0.1, -0.05) is 32.4 Å². The second-order valence-corrected chi connectivity index (χ2v) is 4.56. The van der Waals surface area contributed by atoms with Gasteiger partial charge < -0.3 is 5.73 Å². The molecule has 3 nitrogen and oxygen atoms in total. The molecule has 1 aromatic rings. The second-order valence-electron chi connectivity index (χ2n) is 4.17. The van der Waals surface area contributed by atoms with Crippen LogP contribution in [0.3, 0.4) is 0 Å². The van der Waals surface area contributed by atoms with Crippen molar-refractivity contribution in [1.29, 1.82) is 0 Å². The highest BCUT2D eigenvalue weighted by Gasteiger charge is 2.24. The lowest BCUT2D eigenvalue weighted by Gasteiger charge is -2.17. The van der Waals surface area contributed by atoms with Crippen LogP contribution in [0.15, 0.2) is 12.3 Å². The van der Waals surface area contributed by atoms with Crippen molar-refractivity contribution in [2.45, 2.75) is 20.8 Å². The van der Waals surface area contributed by atoms with Crippen LogP contribution in [-0.2, 0) is 0 Å². The number of pyridine rings is 1. The van der Waals surface area contributed by atoms with Crippen molar-refractivity contribution in [3.63, 3.8) is 0 Å². The molecule has 0 aromatic carbocycles. The molecule has 0 fully saturated rings. The first-order valence-electron chi connectivity index (χ1n) is 4.28. The van der Waals surface area contributed by atoms with Crippen molar-refractivity contribution in [2.75, 3.05) is 5.73 Å². The first kappa shape index (κ1) is 11.0. The summed E-state index contributed by atoms with van der Waals surface area (Å²) in [5.41, 5.74) is 6.00. The van der Waals surface area contributed by atoms with Crippen molar-refractivity contribution in [2.24, 2.45) is 5.41 Å². The zero-order chi connectivity index (χ0) is 10.9. The quantitative estimate of drug-likeness (QED) is 0.575. The molecule has 0 spiro atoms. The van der Waals surface area contributed by atoms with Crippen LogP contribution in [0.5, 0.6) is 0 Å². The fraction of sp³-hybridized carbons (Fsp3) is 0.400. The molecule has 0 saturated heterocycles. The van der Waals surface area contributed by atoms with E-state index in [9.17, 15) is 4.79 Å². The monoisotopic (exact) mass is 212 g/mol. The van der Waals surface area contributed by atoms with Gasteiger partial charge in [-0.2, -0.15) is 0 Å². The minimum atomic E-state index is -0.460. The van der Waals surface area contributed by atoms with Crippen molar-refractivity contribution in [3.8, 4) is 0 Å². The summed E-state index contributed by atoms with van der Waals surface area (Å²) in [6.07, 6.45) is 1.40. The van der Waals surface area contributed by atoms with E-state index in [4.69, 9.17) is 17.3 Å². The fourth-order valence-electron chi connectivity index (χ4n) is 1.04. The summed E-state index contributed by atoms with van der Waals surface area (Å²) >= 11 is 5.69. The van der Waals surface area contributed by atoms with Crippen LogP contribution < -0.4 is 5.73 Å². The molecule has 0 aliphatic rings. The van der Waals surface area contributed by atoms with Crippen molar-refractivity contribution >= 4 is 23.1 Å². The maximum atomic E-state index is 11.9. The number of nitrogens with two attached hydrogens (primary N) is 1. The summed E-state index contributed by atoms with van der Waals surface area (Å²) in [6, 6.07) is 1.50. The third-order valence-corrected chi connectivity index (χ3v) is 2.03. The molecule has 1 heterocycles. The van der Waals surface area contributed by atoms with Gasteiger partial charge in [0, 0.05) is 11.0 Å². The molecule has 0 bridgehead atoms. The number of nitrogen functional groups attached to an aromatic ring is 1. The number of carbonyl (C=O) groups excluding carboxylic acids is 1. The highest BCUT2D eigenvalue weighted by Crippen LogP contribution is 2.25. The number of halogens is 1. The molecule has 1 rings (SSSR count). The number of nitrogens with zero attached hydrogens (tertiary/aromatic N) is 1. The van der Waals surface area contributed by atoms with Gasteiger partial charge in [0.2, 0.25) is 0 Å². The van der Waals surface area contributed by atoms with E-state index < -0.39 is 5.41 Å². The van der Waals surface area contributed by atoms with Crippen LogP contribution in [0.25, 0.3) is 0 Å². The standard InChI is InChI=1S/C10H13ClN2O/c1-10(2,3)9(14)6-4-8(11)13-5-7(6)12/h4-5H,12H2,1-3H3. The summed E-state index contributed by atoms with van der Waals surface area (Å²) in [5, 5.41) is 0.284. The third-order valence-electron chi connectivity index (χ3n) is 1.83. The molecule has 0 aliphatic carbocycles. The summed E-state index contributed by atoms with van der Waals surface area (Å²) < 4.78 is 0. The van der Waals surface area contributed by atoms with E-state index in [1.54, 1.807) is 0 Å². The average molecular weight is 213 g/mol. The summed E-state index contributed by atoms with van der Waals surface area (Å²) in [7, 11) is 0. The zero-order valence-corrected chi connectivity index (χ0v) is 9.22. The summed E-state index contributed by atoms with van der Waals surface area (Å²) in [4.78, 5) is 15.7. The molecule has 0 radical (unpaired) electrons. The molecule has 0 unspecified atom stereocenters. The first-order chi connectivity index (χ1) is 6.32. The van der Waals surface area contributed by atoms with Gasteiger partial charge >= 0.3 is 0 Å². The SMILES string of the molecule is CC(C)(C)C(=O)c1cc(Cl)ncc1N. The molecular weight excluding hydrogens is 200 g/mol. The average Bonchev–Trinajstić information content (AvgIpc) is 2.06. The molecule has 14 heavy (non-hydrogen) atoms. The van der Waals surface area contributed by atoms with Gasteiger partial charge in [-0.3, -0.25) is 4.79 Å². The Kier molecular flexibility index (Phi) is 2.81. The molecule has 0 aliphatic heterocycles. The van der Waals surface area contributed by atoms with Gasteiger partial charge in [0.15, 0.2) is 5.78 Å². The Bertz CT molecular complexity index is 369. The lowest BCUT2D eigenvalue weighted by Crippen LogP contribution is -2.21. The van der Waals surface area contributed by atoms with E-state index in [1.165, 1.54) is 12.3 Å². The van der Waals surface area contributed by atoms with Crippen molar-refractivity contribution < 1.29 is 4.79 Å². The normalized spacial score (nSPS) is 11.4. The summed E-state index contributed by atoms with van der Waals surface area (Å²) in [5.74, 6) is -0.0284.